The lowest BCUT2D eigenvalue weighted by atomic mass is 10.3. The minimum Gasteiger partial charge on any atom is -0.469 e. The fourth-order valence-electron chi connectivity index (χ4n) is 2.18. The molecule has 2 aromatic heterocycles. The molecule has 0 radical (unpaired) electrons. The van der Waals surface area contributed by atoms with Crippen molar-refractivity contribution in [2.45, 2.75) is 6.42 Å². The highest BCUT2D eigenvalue weighted by atomic mass is 32.1. The summed E-state index contributed by atoms with van der Waals surface area (Å²) in [6.07, 6.45) is 0.0966. The van der Waals surface area contributed by atoms with Gasteiger partial charge in [0.25, 0.3) is 5.91 Å². The summed E-state index contributed by atoms with van der Waals surface area (Å²) in [6, 6.07) is 13.3. The predicted molar refractivity (Wildman–Crippen MR) is 93.6 cm³/mol. The van der Waals surface area contributed by atoms with Gasteiger partial charge in [-0.25, -0.2) is 9.67 Å². The molecular weight excluding hydrogens is 340 g/mol. The van der Waals surface area contributed by atoms with Crippen molar-refractivity contribution in [3.8, 4) is 16.4 Å². The van der Waals surface area contributed by atoms with Crippen molar-refractivity contribution in [3.05, 3.63) is 53.7 Å². The van der Waals surface area contributed by atoms with Gasteiger partial charge in [0.05, 0.1) is 24.1 Å². The Morgan fingerprint density at radius 2 is 2.00 bits per heavy atom. The standard InChI is InChI=1S/C17H16N4O3S/c1-24-14(22)9-10-18-17(23)15-19-16(13-8-5-11-25-13)21(20-15)12-6-3-2-4-7-12/h2-8,11H,9-10H2,1H3,(H,18,23). The van der Waals surface area contributed by atoms with E-state index in [1.807, 2.05) is 47.8 Å². The summed E-state index contributed by atoms with van der Waals surface area (Å²) in [5, 5.41) is 8.90. The lowest BCUT2D eigenvalue weighted by molar-refractivity contribution is -0.140. The number of para-hydroxylation sites is 1. The van der Waals surface area contributed by atoms with E-state index >= 15 is 0 Å². The van der Waals surface area contributed by atoms with Gasteiger partial charge in [0, 0.05) is 6.54 Å². The van der Waals surface area contributed by atoms with Gasteiger partial charge in [-0.3, -0.25) is 9.59 Å². The summed E-state index contributed by atoms with van der Waals surface area (Å²) in [4.78, 5) is 28.7. The number of hydrogen-bond acceptors (Lipinski definition) is 6. The van der Waals surface area contributed by atoms with Crippen molar-refractivity contribution in [3.63, 3.8) is 0 Å². The second-order valence-electron chi connectivity index (χ2n) is 5.07. The highest BCUT2D eigenvalue weighted by molar-refractivity contribution is 7.13. The third-order valence-corrected chi connectivity index (χ3v) is 4.26. The molecule has 0 spiro atoms. The number of hydrogen-bond donors (Lipinski definition) is 1. The summed E-state index contributed by atoms with van der Waals surface area (Å²) < 4.78 is 6.18. The van der Waals surface area contributed by atoms with Crippen LogP contribution < -0.4 is 5.32 Å². The van der Waals surface area contributed by atoms with Gasteiger partial charge in [-0.2, -0.15) is 0 Å². The first-order chi connectivity index (χ1) is 12.2. The highest BCUT2D eigenvalue weighted by Gasteiger charge is 2.19. The zero-order chi connectivity index (χ0) is 17.6. The van der Waals surface area contributed by atoms with Crippen LogP contribution in [0.5, 0.6) is 0 Å². The van der Waals surface area contributed by atoms with Crippen LogP contribution in [0.2, 0.25) is 0 Å². The first kappa shape index (κ1) is 16.8. The third kappa shape index (κ3) is 3.92. The third-order valence-electron chi connectivity index (χ3n) is 3.39. The average molecular weight is 356 g/mol. The van der Waals surface area contributed by atoms with Gasteiger partial charge in [-0.05, 0) is 23.6 Å². The molecule has 0 atom stereocenters. The van der Waals surface area contributed by atoms with Gasteiger partial charge >= 0.3 is 5.97 Å². The molecule has 0 fully saturated rings. The monoisotopic (exact) mass is 356 g/mol. The molecule has 0 saturated carbocycles. The van der Waals surface area contributed by atoms with Crippen LogP contribution in [0, 0.1) is 0 Å². The number of aromatic nitrogens is 3. The topological polar surface area (TPSA) is 86.1 Å². The summed E-state index contributed by atoms with van der Waals surface area (Å²) in [7, 11) is 1.31. The van der Waals surface area contributed by atoms with Crippen molar-refractivity contribution < 1.29 is 14.3 Å². The van der Waals surface area contributed by atoms with Crippen molar-refractivity contribution in [1.82, 2.24) is 20.1 Å². The van der Waals surface area contributed by atoms with Gasteiger partial charge in [0.1, 0.15) is 0 Å². The molecule has 1 amide bonds. The van der Waals surface area contributed by atoms with Gasteiger partial charge in [-0.1, -0.05) is 24.3 Å². The maximum Gasteiger partial charge on any atom is 0.307 e. The summed E-state index contributed by atoms with van der Waals surface area (Å²) in [5.74, 6) is -0.171. The molecule has 2 heterocycles. The Morgan fingerprint density at radius 1 is 1.20 bits per heavy atom. The number of nitrogens with one attached hydrogen (secondary N) is 1. The summed E-state index contributed by atoms with van der Waals surface area (Å²) in [5.41, 5.74) is 0.812. The molecule has 3 aromatic rings. The van der Waals surface area contributed by atoms with Crippen molar-refractivity contribution in [1.29, 1.82) is 0 Å². The summed E-state index contributed by atoms with van der Waals surface area (Å²) >= 11 is 1.52. The van der Waals surface area contributed by atoms with Crippen LogP contribution in [0.25, 0.3) is 16.4 Å². The quantitative estimate of drug-likeness (QED) is 0.685. The van der Waals surface area contributed by atoms with Crippen LogP contribution in [-0.2, 0) is 9.53 Å². The van der Waals surface area contributed by atoms with Gasteiger partial charge in [0.15, 0.2) is 5.82 Å². The number of methoxy groups -OCH3 is 1. The Kier molecular flexibility index (Phi) is 5.20. The maximum absolute atomic E-state index is 12.3. The second-order valence-corrected chi connectivity index (χ2v) is 6.01. The SMILES string of the molecule is COC(=O)CCNC(=O)c1nc(-c2cccs2)n(-c2ccccc2)n1. The van der Waals surface area contributed by atoms with E-state index in [1.54, 1.807) is 4.68 Å². The molecule has 128 valence electrons. The number of benzene rings is 1. The van der Waals surface area contributed by atoms with Crippen molar-refractivity contribution in [2.24, 2.45) is 0 Å². The Morgan fingerprint density at radius 3 is 2.68 bits per heavy atom. The first-order valence-electron chi connectivity index (χ1n) is 7.60. The zero-order valence-corrected chi connectivity index (χ0v) is 14.3. The number of carbonyl (C=O) groups is 2. The second kappa shape index (κ2) is 7.71. The number of thiophene rings is 1. The Labute approximate surface area is 148 Å². The minimum absolute atomic E-state index is 0.0529. The minimum atomic E-state index is -0.434. The van der Waals surface area contributed by atoms with E-state index in [0.717, 1.165) is 10.6 Å². The average Bonchev–Trinajstić information content (AvgIpc) is 3.31. The number of rotatable bonds is 6. The van der Waals surface area contributed by atoms with E-state index in [9.17, 15) is 9.59 Å². The van der Waals surface area contributed by atoms with Crippen LogP contribution in [0.4, 0.5) is 0 Å². The van der Waals surface area contributed by atoms with Crippen molar-refractivity contribution in [2.75, 3.05) is 13.7 Å². The van der Waals surface area contributed by atoms with Crippen LogP contribution in [0.3, 0.4) is 0 Å². The lowest BCUT2D eigenvalue weighted by Crippen LogP contribution is -2.27. The molecule has 0 aliphatic rings. The van der Waals surface area contributed by atoms with E-state index in [0.29, 0.717) is 5.82 Å². The van der Waals surface area contributed by atoms with Crippen LogP contribution in [0.15, 0.2) is 47.8 Å². The molecule has 0 bridgehead atoms. The number of carbonyl (C=O) groups excluding carboxylic acids is 2. The molecule has 8 heteroatoms. The zero-order valence-electron chi connectivity index (χ0n) is 13.5. The number of amides is 1. The molecule has 1 aromatic carbocycles. The molecule has 25 heavy (non-hydrogen) atoms. The van der Waals surface area contributed by atoms with E-state index < -0.39 is 5.91 Å². The van der Waals surface area contributed by atoms with E-state index in [1.165, 1.54) is 18.4 Å². The Hall–Kier alpha value is -3.00. The van der Waals surface area contributed by atoms with Crippen molar-refractivity contribution >= 4 is 23.2 Å². The van der Waals surface area contributed by atoms with E-state index in [-0.39, 0.29) is 24.8 Å². The van der Waals surface area contributed by atoms with E-state index in [2.05, 4.69) is 20.1 Å². The lowest BCUT2D eigenvalue weighted by Gasteiger charge is -2.03. The molecule has 3 rings (SSSR count). The Balaban J connectivity index is 1.86. The van der Waals surface area contributed by atoms with E-state index in [4.69, 9.17) is 0 Å². The van der Waals surface area contributed by atoms with Gasteiger partial charge in [-0.15, -0.1) is 16.4 Å². The van der Waals surface area contributed by atoms with Crippen LogP contribution >= 0.6 is 11.3 Å². The number of esters is 1. The molecular formula is C17H16N4O3S. The van der Waals surface area contributed by atoms with Crippen LogP contribution in [0.1, 0.15) is 17.0 Å². The fraction of sp³-hybridized carbons (Fsp3) is 0.176. The first-order valence-corrected chi connectivity index (χ1v) is 8.48. The molecule has 0 aliphatic heterocycles. The molecule has 0 unspecified atom stereocenters. The predicted octanol–water partition coefficient (Wildman–Crippen LogP) is 2.29. The molecule has 0 aliphatic carbocycles. The number of ether oxygens (including phenoxy) is 1. The van der Waals surface area contributed by atoms with Gasteiger partial charge in [0.2, 0.25) is 5.82 Å². The smallest absolute Gasteiger partial charge is 0.307 e. The fourth-order valence-corrected chi connectivity index (χ4v) is 2.88. The molecule has 7 nitrogen and oxygen atoms in total. The normalized spacial score (nSPS) is 10.4. The summed E-state index contributed by atoms with van der Waals surface area (Å²) in [6.45, 7) is 0.166. The largest absolute Gasteiger partial charge is 0.469 e. The molecule has 1 N–H and O–H groups in total. The Bertz CT molecular complexity index is 859. The van der Waals surface area contributed by atoms with Crippen LogP contribution in [-0.4, -0.2) is 40.3 Å². The molecule has 0 saturated heterocycles. The van der Waals surface area contributed by atoms with Gasteiger partial charge < -0.3 is 10.1 Å². The highest BCUT2D eigenvalue weighted by Crippen LogP contribution is 2.25. The maximum atomic E-state index is 12.3. The number of nitrogens with zero attached hydrogens (tertiary/aromatic N) is 3.